The highest BCUT2D eigenvalue weighted by Gasteiger charge is 2.08. The normalized spacial score (nSPS) is 10.3. The number of nitrogens with one attached hydrogen (secondary N) is 1. The van der Waals surface area contributed by atoms with Crippen molar-refractivity contribution < 1.29 is 9.18 Å². The maximum absolute atomic E-state index is 12.9. The monoisotopic (exact) mass is 311 g/mol. The van der Waals surface area contributed by atoms with Crippen molar-refractivity contribution in [3.63, 3.8) is 0 Å². The molecule has 2 rings (SSSR count). The van der Waals surface area contributed by atoms with Crippen molar-refractivity contribution >= 4 is 40.6 Å². The molecule has 0 aliphatic carbocycles. The van der Waals surface area contributed by atoms with Crippen LogP contribution in [0.2, 0.25) is 5.02 Å². The van der Waals surface area contributed by atoms with Crippen LogP contribution in [0.4, 0.5) is 15.8 Å². The quantitative estimate of drug-likeness (QED) is 0.851. The summed E-state index contributed by atoms with van der Waals surface area (Å²) >= 11 is 7.09. The first-order valence-electron chi connectivity index (χ1n) is 5.64. The fraction of sp³-hybridized carbons (Fsp3) is 0.0769. The fourth-order valence-corrected chi connectivity index (χ4v) is 2.25. The molecular weight excluding hydrogens is 301 g/mol. The Hall–Kier alpha value is -1.79. The molecule has 0 saturated heterocycles. The molecule has 0 unspecified atom stereocenters. The zero-order valence-electron chi connectivity index (χ0n) is 10.3. The Labute approximate surface area is 124 Å². The lowest BCUT2D eigenvalue weighted by Gasteiger charge is -2.07. The van der Waals surface area contributed by atoms with E-state index in [0.29, 0.717) is 16.4 Å². The standard InChI is InChI=1S/C13H11ClFN3OS/c14-10-5-8(15)1-3-11(10)18-12(19)7-20-13-4-2-9(16)6-17-13/h1-6H,7,16H2,(H,18,19). The van der Waals surface area contributed by atoms with Gasteiger partial charge in [-0.05, 0) is 30.3 Å². The number of anilines is 2. The van der Waals surface area contributed by atoms with Gasteiger partial charge < -0.3 is 11.1 Å². The van der Waals surface area contributed by atoms with Crippen molar-refractivity contribution in [1.29, 1.82) is 0 Å². The van der Waals surface area contributed by atoms with Crippen molar-refractivity contribution in [2.24, 2.45) is 0 Å². The number of hydrogen-bond donors (Lipinski definition) is 2. The Balaban J connectivity index is 1.90. The lowest BCUT2D eigenvalue weighted by atomic mass is 10.3. The molecular formula is C13H11ClFN3OS. The smallest absolute Gasteiger partial charge is 0.234 e. The number of carbonyl (C=O) groups excluding carboxylic acids is 1. The van der Waals surface area contributed by atoms with Gasteiger partial charge in [0.15, 0.2) is 0 Å². The Morgan fingerprint density at radius 2 is 2.20 bits per heavy atom. The maximum Gasteiger partial charge on any atom is 0.234 e. The van der Waals surface area contributed by atoms with Crippen molar-refractivity contribution in [3.05, 3.63) is 47.4 Å². The van der Waals surface area contributed by atoms with Gasteiger partial charge in [0.25, 0.3) is 0 Å². The summed E-state index contributed by atoms with van der Waals surface area (Å²) in [6.07, 6.45) is 1.52. The van der Waals surface area contributed by atoms with Gasteiger partial charge in [-0.3, -0.25) is 4.79 Å². The van der Waals surface area contributed by atoms with E-state index in [-0.39, 0.29) is 16.7 Å². The van der Waals surface area contributed by atoms with Gasteiger partial charge in [-0.15, -0.1) is 0 Å². The molecule has 3 N–H and O–H groups in total. The number of aromatic nitrogens is 1. The Morgan fingerprint density at radius 3 is 2.85 bits per heavy atom. The van der Waals surface area contributed by atoms with E-state index in [1.807, 2.05) is 0 Å². The molecule has 0 spiro atoms. The Kier molecular flexibility index (Phi) is 4.81. The van der Waals surface area contributed by atoms with E-state index in [2.05, 4.69) is 10.3 Å². The molecule has 1 heterocycles. The molecule has 1 aromatic carbocycles. The van der Waals surface area contributed by atoms with Gasteiger partial charge in [0, 0.05) is 0 Å². The third kappa shape index (κ3) is 4.11. The van der Waals surface area contributed by atoms with E-state index in [0.717, 1.165) is 6.07 Å². The number of halogens is 2. The molecule has 104 valence electrons. The van der Waals surface area contributed by atoms with Gasteiger partial charge in [0.2, 0.25) is 5.91 Å². The highest BCUT2D eigenvalue weighted by atomic mass is 35.5. The largest absolute Gasteiger partial charge is 0.397 e. The summed E-state index contributed by atoms with van der Waals surface area (Å²) in [4.78, 5) is 15.8. The molecule has 0 atom stereocenters. The summed E-state index contributed by atoms with van der Waals surface area (Å²) < 4.78 is 12.9. The predicted molar refractivity (Wildman–Crippen MR) is 79.4 cm³/mol. The molecule has 0 radical (unpaired) electrons. The van der Waals surface area contributed by atoms with Crippen molar-refractivity contribution in [2.45, 2.75) is 5.03 Å². The zero-order chi connectivity index (χ0) is 14.5. The summed E-state index contributed by atoms with van der Waals surface area (Å²) in [6, 6.07) is 7.24. The topological polar surface area (TPSA) is 68.0 Å². The van der Waals surface area contributed by atoms with Crippen molar-refractivity contribution in [2.75, 3.05) is 16.8 Å². The molecule has 0 aliphatic heterocycles. The lowest BCUT2D eigenvalue weighted by molar-refractivity contribution is -0.113. The molecule has 7 heteroatoms. The first-order valence-corrected chi connectivity index (χ1v) is 7.00. The summed E-state index contributed by atoms with van der Waals surface area (Å²) in [5.74, 6) is -0.527. The summed E-state index contributed by atoms with van der Waals surface area (Å²) in [6.45, 7) is 0. The van der Waals surface area contributed by atoms with Crippen molar-refractivity contribution in [3.8, 4) is 0 Å². The number of nitrogen functional groups attached to an aromatic ring is 1. The minimum atomic E-state index is -0.451. The molecule has 1 aromatic heterocycles. The summed E-state index contributed by atoms with van der Waals surface area (Å²) in [7, 11) is 0. The third-order valence-electron chi connectivity index (χ3n) is 2.32. The number of nitrogens with two attached hydrogens (primary N) is 1. The molecule has 0 saturated carbocycles. The molecule has 20 heavy (non-hydrogen) atoms. The Bertz CT molecular complexity index is 622. The number of benzene rings is 1. The second-order valence-corrected chi connectivity index (χ2v) is 5.29. The van der Waals surface area contributed by atoms with Gasteiger partial charge in [0.05, 0.1) is 33.4 Å². The predicted octanol–water partition coefficient (Wildman–Crippen LogP) is 3.19. The highest BCUT2D eigenvalue weighted by Crippen LogP contribution is 2.23. The fourth-order valence-electron chi connectivity index (χ4n) is 1.39. The number of hydrogen-bond acceptors (Lipinski definition) is 4. The van der Waals surface area contributed by atoms with Crippen LogP contribution in [0.15, 0.2) is 41.6 Å². The average Bonchev–Trinajstić information content (AvgIpc) is 2.41. The molecule has 1 amide bonds. The number of carbonyl (C=O) groups is 1. The van der Waals surface area contributed by atoms with Gasteiger partial charge in [-0.1, -0.05) is 23.4 Å². The molecule has 0 bridgehead atoms. The van der Waals surface area contributed by atoms with Crippen LogP contribution in [-0.4, -0.2) is 16.6 Å². The third-order valence-corrected chi connectivity index (χ3v) is 3.57. The second-order valence-electron chi connectivity index (χ2n) is 3.89. The van der Waals surface area contributed by atoms with E-state index in [1.165, 1.54) is 30.1 Å². The molecule has 0 aliphatic rings. The van der Waals surface area contributed by atoms with Crippen LogP contribution in [0, 0.1) is 5.82 Å². The van der Waals surface area contributed by atoms with E-state index in [4.69, 9.17) is 17.3 Å². The van der Waals surface area contributed by atoms with Crippen LogP contribution in [-0.2, 0) is 4.79 Å². The minimum Gasteiger partial charge on any atom is -0.397 e. The van der Waals surface area contributed by atoms with Crippen LogP contribution in [0.25, 0.3) is 0 Å². The summed E-state index contributed by atoms with van der Waals surface area (Å²) in [5.41, 5.74) is 6.46. The van der Waals surface area contributed by atoms with E-state index in [9.17, 15) is 9.18 Å². The van der Waals surface area contributed by atoms with Gasteiger partial charge in [-0.2, -0.15) is 0 Å². The summed E-state index contributed by atoms with van der Waals surface area (Å²) in [5, 5.41) is 3.46. The van der Waals surface area contributed by atoms with Crippen LogP contribution in [0.5, 0.6) is 0 Å². The van der Waals surface area contributed by atoms with E-state index >= 15 is 0 Å². The highest BCUT2D eigenvalue weighted by molar-refractivity contribution is 7.99. The molecule has 4 nitrogen and oxygen atoms in total. The zero-order valence-corrected chi connectivity index (χ0v) is 11.8. The SMILES string of the molecule is Nc1ccc(SCC(=O)Nc2ccc(F)cc2Cl)nc1. The van der Waals surface area contributed by atoms with Crippen molar-refractivity contribution in [1.82, 2.24) is 4.98 Å². The lowest BCUT2D eigenvalue weighted by Crippen LogP contribution is -2.14. The van der Waals surface area contributed by atoms with Crippen LogP contribution in [0.1, 0.15) is 0 Å². The number of thioether (sulfide) groups is 1. The second kappa shape index (κ2) is 6.58. The maximum atomic E-state index is 12.9. The Morgan fingerprint density at radius 1 is 1.40 bits per heavy atom. The first-order chi connectivity index (χ1) is 9.54. The molecule has 0 fully saturated rings. The number of pyridine rings is 1. The first kappa shape index (κ1) is 14.6. The van der Waals surface area contributed by atoms with E-state index in [1.54, 1.807) is 12.1 Å². The van der Waals surface area contributed by atoms with Gasteiger partial charge in [-0.25, -0.2) is 9.37 Å². The molecule has 2 aromatic rings. The number of rotatable bonds is 4. The number of nitrogens with zero attached hydrogens (tertiary/aromatic N) is 1. The van der Waals surface area contributed by atoms with Gasteiger partial charge in [0.1, 0.15) is 5.82 Å². The van der Waals surface area contributed by atoms with Crippen LogP contribution >= 0.6 is 23.4 Å². The van der Waals surface area contributed by atoms with Crippen LogP contribution < -0.4 is 11.1 Å². The number of amides is 1. The average molecular weight is 312 g/mol. The van der Waals surface area contributed by atoms with Gasteiger partial charge >= 0.3 is 0 Å². The minimum absolute atomic E-state index is 0.161. The van der Waals surface area contributed by atoms with Crippen LogP contribution in [0.3, 0.4) is 0 Å². The van der Waals surface area contributed by atoms with E-state index < -0.39 is 5.82 Å².